The number of ether oxygens (including phenoxy) is 1. The molecule has 0 radical (unpaired) electrons. The van der Waals surface area contributed by atoms with Gasteiger partial charge in [0.25, 0.3) is 0 Å². The van der Waals surface area contributed by atoms with Crippen molar-refractivity contribution in [3.8, 4) is 5.75 Å². The monoisotopic (exact) mass is 350 g/mol. The predicted molar refractivity (Wildman–Crippen MR) is 105 cm³/mol. The van der Waals surface area contributed by atoms with Crippen LogP contribution in [-0.2, 0) is 13.6 Å². The fourth-order valence-electron chi connectivity index (χ4n) is 3.02. The van der Waals surface area contributed by atoms with Crippen molar-refractivity contribution in [1.82, 2.24) is 9.58 Å². The lowest BCUT2D eigenvalue weighted by Crippen LogP contribution is -2.11. The minimum absolute atomic E-state index is 0.578. The van der Waals surface area contributed by atoms with Crippen molar-refractivity contribution >= 4 is 29.1 Å². The molecule has 6 heteroatoms. The molecule has 0 unspecified atom stereocenters. The number of nitrogen functional groups attached to an aromatic ring is 1. The number of methoxy groups -OCH3 is 1. The van der Waals surface area contributed by atoms with Gasteiger partial charge in [-0.15, -0.1) is 0 Å². The van der Waals surface area contributed by atoms with E-state index < -0.39 is 0 Å². The third-order valence-electron chi connectivity index (χ3n) is 4.35. The summed E-state index contributed by atoms with van der Waals surface area (Å²) in [6, 6.07) is 13.4. The van der Waals surface area contributed by atoms with Crippen LogP contribution in [0.25, 0.3) is 10.9 Å². The highest BCUT2D eigenvalue weighted by Crippen LogP contribution is 2.27. The summed E-state index contributed by atoms with van der Waals surface area (Å²) in [5, 5.41) is 7.26. The zero-order chi connectivity index (χ0) is 18.7. The number of hydrazone groups is 1. The van der Waals surface area contributed by atoms with Gasteiger partial charge in [0.2, 0.25) is 0 Å². The van der Waals surface area contributed by atoms with Gasteiger partial charge in [0.1, 0.15) is 5.75 Å². The summed E-state index contributed by atoms with van der Waals surface area (Å²) in [4.78, 5) is 11.6. The number of hydrogen-bond donors (Lipinski definition) is 1. The smallest absolute Gasteiger partial charge is 0.167 e. The third kappa shape index (κ3) is 3.39. The van der Waals surface area contributed by atoms with Crippen LogP contribution in [0.3, 0.4) is 0 Å². The Morgan fingerprint density at radius 2 is 2.08 bits per heavy atom. The Morgan fingerprint density at radius 1 is 1.27 bits per heavy atom. The van der Waals surface area contributed by atoms with Crippen LogP contribution in [-0.4, -0.2) is 36.2 Å². The van der Waals surface area contributed by atoms with Crippen molar-refractivity contribution in [2.24, 2.45) is 12.1 Å². The molecule has 0 atom stereocenters. The Labute approximate surface area is 152 Å². The molecule has 0 saturated carbocycles. The Morgan fingerprint density at radius 3 is 2.77 bits per heavy atom. The van der Waals surface area contributed by atoms with Crippen LogP contribution in [0.15, 0.2) is 47.6 Å². The van der Waals surface area contributed by atoms with E-state index in [1.165, 1.54) is 0 Å². The molecule has 0 amide bonds. The second kappa shape index (κ2) is 7.31. The Hall–Kier alpha value is -3.28. The molecule has 0 aliphatic rings. The van der Waals surface area contributed by atoms with Gasteiger partial charge in [-0.05, 0) is 29.8 Å². The first-order chi connectivity index (χ1) is 12.5. The number of aromatic nitrogens is 1. The fraction of sp³-hybridized carbons (Fsp3) is 0.200. The SMILES string of the molecule is COc1ccc2c(/C=N\N(C)Cc3cccc(N)c3)c(C=O)n(C)c2c1. The standard InChI is InChI=1S/C20H22N4O2/c1-23(12-14-5-4-6-15(21)9-14)22-11-18-17-8-7-16(26-3)10-19(17)24(2)20(18)13-25/h4-11,13H,12,21H2,1-3H3/b22-11-. The molecule has 3 aromatic rings. The fourth-order valence-corrected chi connectivity index (χ4v) is 3.02. The Kier molecular flexibility index (Phi) is 4.93. The van der Waals surface area contributed by atoms with Gasteiger partial charge in [0, 0.05) is 36.8 Å². The highest BCUT2D eigenvalue weighted by atomic mass is 16.5. The molecule has 134 valence electrons. The number of rotatable bonds is 6. The van der Waals surface area contributed by atoms with Gasteiger partial charge in [0.15, 0.2) is 6.29 Å². The largest absolute Gasteiger partial charge is 0.497 e. The topological polar surface area (TPSA) is 72.8 Å². The Balaban J connectivity index is 1.92. The van der Waals surface area contributed by atoms with Crippen molar-refractivity contribution in [3.63, 3.8) is 0 Å². The minimum Gasteiger partial charge on any atom is -0.497 e. The van der Waals surface area contributed by atoms with E-state index in [0.29, 0.717) is 12.2 Å². The average molecular weight is 350 g/mol. The number of anilines is 1. The van der Waals surface area contributed by atoms with Crippen LogP contribution < -0.4 is 10.5 Å². The number of aryl methyl sites for hydroxylation is 1. The molecule has 2 N–H and O–H groups in total. The molecule has 2 aromatic carbocycles. The number of nitrogens with two attached hydrogens (primary N) is 1. The number of fused-ring (bicyclic) bond motifs is 1. The van der Waals surface area contributed by atoms with Crippen molar-refractivity contribution in [2.75, 3.05) is 19.9 Å². The van der Waals surface area contributed by atoms with Gasteiger partial charge in [-0.3, -0.25) is 9.80 Å². The average Bonchev–Trinajstić information content (AvgIpc) is 2.90. The summed E-state index contributed by atoms with van der Waals surface area (Å²) in [6.07, 6.45) is 2.58. The molecule has 3 rings (SSSR count). The summed E-state index contributed by atoms with van der Waals surface area (Å²) in [5.41, 5.74) is 9.91. The van der Waals surface area contributed by atoms with E-state index in [1.807, 2.05) is 66.1 Å². The minimum atomic E-state index is 0.578. The van der Waals surface area contributed by atoms with E-state index >= 15 is 0 Å². The maximum absolute atomic E-state index is 11.6. The summed E-state index contributed by atoms with van der Waals surface area (Å²) in [7, 11) is 5.37. The number of carbonyl (C=O) groups excluding carboxylic acids is 1. The van der Waals surface area contributed by atoms with Crippen molar-refractivity contribution in [2.45, 2.75) is 6.54 Å². The first-order valence-electron chi connectivity index (χ1n) is 8.24. The molecule has 0 aliphatic heterocycles. The molecule has 0 spiro atoms. The van der Waals surface area contributed by atoms with Crippen LogP contribution >= 0.6 is 0 Å². The zero-order valence-corrected chi connectivity index (χ0v) is 15.1. The highest BCUT2D eigenvalue weighted by molar-refractivity contribution is 6.06. The molecule has 0 bridgehead atoms. The second-order valence-corrected chi connectivity index (χ2v) is 6.16. The Bertz CT molecular complexity index is 975. The number of benzene rings is 2. The van der Waals surface area contributed by atoms with E-state index in [9.17, 15) is 4.79 Å². The summed E-state index contributed by atoms with van der Waals surface area (Å²) in [6.45, 7) is 0.622. The van der Waals surface area contributed by atoms with E-state index in [2.05, 4.69) is 5.10 Å². The maximum atomic E-state index is 11.6. The number of hydrogen-bond acceptors (Lipinski definition) is 5. The molecule has 0 fully saturated rings. The van der Waals surface area contributed by atoms with Gasteiger partial charge < -0.3 is 15.0 Å². The molecule has 0 saturated heterocycles. The highest BCUT2D eigenvalue weighted by Gasteiger charge is 2.14. The second-order valence-electron chi connectivity index (χ2n) is 6.16. The van der Waals surface area contributed by atoms with Gasteiger partial charge in [-0.25, -0.2) is 0 Å². The van der Waals surface area contributed by atoms with Crippen LogP contribution in [0.1, 0.15) is 21.6 Å². The molecular formula is C20H22N4O2. The van der Waals surface area contributed by atoms with E-state index in [0.717, 1.165) is 39.8 Å². The molecule has 1 heterocycles. The van der Waals surface area contributed by atoms with Crippen molar-refractivity contribution < 1.29 is 9.53 Å². The normalized spacial score (nSPS) is 11.2. The lowest BCUT2D eigenvalue weighted by Gasteiger charge is -2.13. The van der Waals surface area contributed by atoms with Crippen molar-refractivity contribution in [1.29, 1.82) is 0 Å². The zero-order valence-electron chi connectivity index (χ0n) is 15.1. The predicted octanol–water partition coefficient (Wildman–Crippen LogP) is 3.05. The maximum Gasteiger partial charge on any atom is 0.167 e. The van der Waals surface area contributed by atoms with Gasteiger partial charge in [0.05, 0.1) is 31.1 Å². The number of aldehydes is 1. The molecule has 26 heavy (non-hydrogen) atoms. The number of nitrogens with zero attached hydrogens (tertiary/aromatic N) is 3. The number of carbonyl (C=O) groups is 1. The quantitative estimate of drug-likeness (QED) is 0.321. The van der Waals surface area contributed by atoms with Gasteiger partial charge >= 0.3 is 0 Å². The lowest BCUT2D eigenvalue weighted by atomic mass is 10.1. The third-order valence-corrected chi connectivity index (χ3v) is 4.35. The van der Waals surface area contributed by atoms with Crippen LogP contribution in [0.5, 0.6) is 5.75 Å². The molecule has 0 aliphatic carbocycles. The molecule has 6 nitrogen and oxygen atoms in total. The van der Waals surface area contributed by atoms with E-state index in [-0.39, 0.29) is 0 Å². The van der Waals surface area contributed by atoms with Gasteiger partial charge in [-0.1, -0.05) is 12.1 Å². The summed E-state index contributed by atoms with van der Waals surface area (Å²) < 4.78 is 7.13. The summed E-state index contributed by atoms with van der Waals surface area (Å²) >= 11 is 0. The lowest BCUT2D eigenvalue weighted by molar-refractivity contribution is 0.111. The first kappa shape index (κ1) is 17.5. The molecule has 1 aromatic heterocycles. The van der Waals surface area contributed by atoms with E-state index in [1.54, 1.807) is 13.3 Å². The van der Waals surface area contributed by atoms with Gasteiger partial charge in [-0.2, -0.15) is 5.10 Å². The van der Waals surface area contributed by atoms with Crippen LogP contribution in [0.4, 0.5) is 5.69 Å². The molecular weight excluding hydrogens is 328 g/mol. The van der Waals surface area contributed by atoms with Crippen LogP contribution in [0.2, 0.25) is 0 Å². The van der Waals surface area contributed by atoms with Crippen molar-refractivity contribution in [3.05, 3.63) is 59.3 Å². The van der Waals surface area contributed by atoms with Crippen LogP contribution in [0, 0.1) is 0 Å². The first-order valence-corrected chi connectivity index (χ1v) is 8.24. The summed E-state index contributed by atoms with van der Waals surface area (Å²) in [5.74, 6) is 0.748. The van der Waals surface area contributed by atoms with E-state index in [4.69, 9.17) is 10.5 Å².